The van der Waals surface area contributed by atoms with Gasteiger partial charge in [-0.15, -0.1) is 11.3 Å². The molecule has 0 saturated carbocycles. The highest BCUT2D eigenvalue weighted by molar-refractivity contribution is 7.09. The fraction of sp³-hybridized carbons (Fsp3) is 0.0526. The van der Waals surface area contributed by atoms with Crippen LogP contribution in [0.5, 0.6) is 0 Å². The van der Waals surface area contributed by atoms with Crippen LogP contribution in [0.15, 0.2) is 53.9 Å². The number of thiazole rings is 1. The summed E-state index contributed by atoms with van der Waals surface area (Å²) in [4.78, 5) is 46.5. The summed E-state index contributed by atoms with van der Waals surface area (Å²) in [5.74, 6) is -2.08. The third kappa shape index (κ3) is 2.68. The summed E-state index contributed by atoms with van der Waals surface area (Å²) in [6.45, 7) is 1.90. The standard InChI is InChI=1S/C19H12N2O4S/c1-11-20-16(10-26-11)12-5-4-6-13(9-12)19(24)25-21-17(22)14-7-2-3-8-15(14)18(21)23/h2-10H,1H3. The minimum absolute atomic E-state index is 0.219. The Morgan fingerprint density at radius 2 is 1.73 bits per heavy atom. The molecule has 1 aliphatic heterocycles. The molecule has 4 rings (SSSR count). The Kier molecular flexibility index (Phi) is 3.85. The number of benzene rings is 2. The number of hydrogen-bond acceptors (Lipinski definition) is 6. The van der Waals surface area contributed by atoms with Gasteiger partial charge in [-0.1, -0.05) is 29.3 Å². The van der Waals surface area contributed by atoms with Gasteiger partial charge in [0.15, 0.2) is 0 Å². The molecule has 3 aromatic rings. The average molecular weight is 364 g/mol. The van der Waals surface area contributed by atoms with Gasteiger partial charge in [-0.05, 0) is 31.2 Å². The molecule has 0 N–H and O–H groups in total. The van der Waals surface area contributed by atoms with Gasteiger partial charge < -0.3 is 4.84 Å². The summed E-state index contributed by atoms with van der Waals surface area (Å²) in [6.07, 6.45) is 0. The summed E-state index contributed by atoms with van der Waals surface area (Å²) < 4.78 is 0. The largest absolute Gasteiger partial charge is 0.363 e. The maximum atomic E-state index is 12.4. The van der Waals surface area contributed by atoms with Gasteiger partial charge in [0.2, 0.25) is 0 Å². The van der Waals surface area contributed by atoms with E-state index in [9.17, 15) is 14.4 Å². The van der Waals surface area contributed by atoms with Crippen molar-refractivity contribution in [3.63, 3.8) is 0 Å². The molecule has 2 amide bonds. The fourth-order valence-electron chi connectivity index (χ4n) is 2.69. The number of aromatic nitrogens is 1. The summed E-state index contributed by atoms with van der Waals surface area (Å²) in [5, 5.41) is 3.32. The van der Waals surface area contributed by atoms with Crippen molar-refractivity contribution in [2.45, 2.75) is 6.92 Å². The molecule has 2 heterocycles. The summed E-state index contributed by atoms with van der Waals surface area (Å²) >= 11 is 1.51. The van der Waals surface area contributed by atoms with Gasteiger partial charge in [-0.2, -0.15) is 0 Å². The van der Waals surface area contributed by atoms with Gasteiger partial charge in [0.25, 0.3) is 11.8 Å². The Labute approximate surface area is 152 Å². The number of fused-ring (bicyclic) bond motifs is 1. The van der Waals surface area contributed by atoms with Crippen LogP contribution in [-0.4, -0.2) is 27.8 Å². The molecule has 0 atom stereocenters. The van der Waals surface area contributed by atoms with E-state index in [0.717, 1.165) is 16.3 Å². The molecule has 0 bridgehead atoms. The number of carbonyl (C=O) groups excluding carboxylic acids is 3. The molecule has 0 saturated heterocycles. The Bertz CT molecular complexity index is 1020. The number of hydroxylamine groups is 2. The van der Waals surface area contributed by atoms with E-state index in [0.29, 0.717) is 5.06 Å². The lowest BCUT2D eigenvalue weighted by Crippen LogP contribution is -2.32. The van der Waals surface area contributed by atoms with Crippen LogP contribution in [0.4, 0.5) is 0 Å². The molecule has 7 heteroatoms. The fourth-order valence-corrected chi connectivity index (χ4v) is 3.31. The van der Waals surface area contributed by atoms with Crippen LogP contribution < -0.4 is 0 Å². The van der Waals surface area contributed by atoms with Crippen LogP contribution in [0, 0.1) is 6.92 Å². The Balaban J connectivity index is 1.58. The zero-order valence-electron chi connectivity index (χ0n) is 13.6. The first-order chi connectivity index (χ1) is 12.5. The van der Waals surface area contributed by atoms with Crippen molar-refractivity contribution in [2.24, 2.45) is 0 Å². The van der Waals surface area contributed by atoms with Crippen LogP contribution >= 0.6 is 11.3 Å². The van der Waals surface area contributed by atoms with Crippen molar-refractivity contribution < 1.29 is 19.2 Å². The van der Waals surface area contributed by atoms with Crippen molar-refractivity contribution in [1.29, 1.82) is 0 Å². The first kappa shape index (κ1) is 16.2. The van der Waals surface area contributed by atoms with E-state index < -0.39 is 17.8 Å². The van der Waals surface area contributed by atoms with E-state index in [-0.39, 0.29) is 16.7 Å². The van der Waals surface area contributed by atoms with Crippen molar-refractivity contribution in [3.05, 3.63) is 75.6 Å². The summed E-state index contributed by atoms with van der Waals surface area (Å²) in [5.41, 5.74) is 2.17. The lowest BCUT2D eigenvalue weighted by molar-refractivity contribution is -0.0584. The van der Waals surface area contributed by atoms with Crippen molar-refractivity contribution >= 4 is 29.1 Å². The molecule has 128 valence electrons. The Hall–Kier alpha value is -3.32. The number of aryl methyl sites for hydroxylation is 1. The highest BCUT2D eigenvalue weighted by atomic mass is 32.1. The lowest BCUT2D eigenvalue weighted by atomic mass is 10.1. The minimum Gasteiger partial charge on any atom is -0.324 e. The van der Waals surface area contributed by atoms with E-state index in [1.807, 2.05) is 18.4 Å². The van der Waals surface area contributed by atoms with E-state index >= 15 is 0 Å². The zero-order valence-corrected chi connectivity index (χ0v) is 14.4. The van der Waals surface area contributed by atoms with E-state index in [2.05, 4.69) is 4.98 Å². The smallest absolute Gasteiger partial charge is 0.324 e. The highest BCUT2D eigenvalue weighted by Crippen LogP contribution is 2.25. The molecule has 26 heavy (non-hydrogen) atoms. The van der Waals surface area contributed by atoms with Crippen LogP contribution in [0.25, 0.3) is 11.3 Å². The maximum absolute atomic E-state index is 12.4. The van der Waals surface area contributed by atoms with Gasteiger partial charge in [0.05, 0.1) is 27.4 Å². The third-order valence-corrected chi connectivity index (χ3v) is 4.72. The number of amides is 2. The normalized spacial score (nSPS) is 13.0. The summed E-state index contributed by atoms with van der Waals surface area (Å²) in [6, 6.07) is 13.0. The van der Waals surface area contributed by atoms with E-state index in [1.54, 1.807) is 30.3 Å². The molecule has 1 aliphatic rings. The van der Waals surface area contributed by atoms with Crippen molar-refractivity contribution in [3.8, 4) is 11.3 Å². The first-order valence-electron chi connectivity index (χ1n) is 7.77. The van der Waals surface area contributed by atoms with Crippen molar-refractivity contribution in [1.82, 2.24) is 10.0 Å². The lowest BCUT2D eigenvalue weighted by Gasteiger charge is -2.13. The predicted molar refractivity (Wildman–Crippen MR) is 94.6 cm³/mol. The van der Waals surface area contributed by atoms with Crippen LogP contribution in [0.2, 0.25) is 0 Å². The topological polar surface area (TPSA) is 76.6 Å². The number of nitrogens with zero attached hydrogens (tertiary/aromatic N) is 2. The monoisotopic (exact) mass is 364 g/mol. The van der Waals surface area contributed by atoms with Gasteiger partial charge in [-0.3, -0.25) is 9.59 Å². The number of imide groups is 1. The number of carbonyl (C=O) groups is 3. The van der Waals surface area contributed by atoms with E-state index in [1.165, 1.54) is 23.5 Å². The molecule has 0 unspecified atom stereocenters. The minimum atomic E-state index is -0.784. The quantitative estimate of drug-likeness (QED) is 0.665. The van der Waals surface area contributed by atoms with E-state index in [4.69, 9.17) is 4.84 Å². The molecular weight excluding hydrogens is 352 g/mol. The zero-order chi connectivity index (χ0) is 18.3. The predicted octanol–water partition coefficient (Wildman–Crippen LogP) is 3.49. The second-order valence-electron chi connectivity index (χ2n) is 5.66. The van der Waals surface area contributed by atoms with Gasteiger partial charge in [0.1, 0.15) is 0 Å². The first-order valence-corrected chi connectivity index (χ1v) is 8.65. The van der Waals surface area contributed by atoms with Gasteiger partial charge in [0, 0.05) is 10.9 Å². The molecule has 0 fully saturated rings. The molecule has 2 aromatic carbocycles. The number of hydrogen-bond donors (Lipinski definition) is 0. The van der Waals surface area contributed by atoms with Crippen LogP contribution in [0.3, 0.4) is 0 Å². The Morgan fingerprint density at radius 3 is 2.35 bits per heavy atom. The molecule has 0 spiro atoms. The van der Waals surface area contributed by atoms with Crippen molar-refractivity contribution in [2.75, 3.05) is 0 Å². The average Bonchev–Trinajstić information content (AvgIpc) is 3.20. The maximum Gasteiger partial charge on any atom is 0.363 e. The highest BCUT2D eigenvalue weighted by Gasteiger charge is 2.38. The molecule has 1 aromatic heterocycles. The van der Waals surface area contributed by atoms with Gasteiger partial charge in [-0.25, -0.2) is 9.78 Å². The SMILES string of the molecule is Cc1nc(-c2cccc(C(=O)ON3C(=O)c4ccccc4C3=O)c2)cs1. The summed E-state index contributed by atoms with van der Waals surface area (Å²) in [7, 11) is 0. The molecule has 0 radical (unpaired) electrons. The molecule has 6 nitrogen and oxygen atoms in total. The third-order valence-electron chi connectivity index (χ3n) is 3.94. The second-order valence-corrected chi connectivity index (χ2v) is 6.72. The molecular formula is C19H12N2O4S. The van der Waals surface area contributed by atoms with Crippen LogP contribution in [0.1, 0.15) is 36.1 Å². The van der Waals surface area contributed by atoms with Gasteiger partial charge >= 0.3 is 5.97 Å². The molecule has 0 aliphatic carbocycles. The second kappa shape index (κ2) is 6.20. The Morgan fingerprint density at radius 1 is 1.04 bits per heavy atom. The number of rotatable bonds is 3. The van der Waals surface area contributed by atoms with Crippen LogP contribution in [-0.2, 0) is 4.84 Å².